The minimum absolute atomic E-state index is 0.0512. The van der Waals surface area contributed by atoms with E-state index in [1.54, 1.807) is 13.0 Å². The number of halogens is 2. The summed E-state index contributed by atoms with van der Waals surface area (Å²) in [5.41, 5.74) is 0.276. The molecule has 1 aromatic carbocycles. The number of benzene rings is 1. The molecule has 0 saturated heterocycles. The Hall–Kier alpha value is -1.49. The van der Waals surface area contributed by atoms with Crippen molar-refractivity contribution in [1.29, 1.82) is 0 Å². The standard InChI is InChI=1S/C16H21F2NO2/c1-10(12-7-4-8-14(17)15(12)18)19-9-11-5-2-3-6-13(11)16(20)21/h4,7-8,10-11,13,19H,2-3,5-6,9H2,1H3,(H,20,21). The van der Waals surface area contributed by atoms with Crippen LogP contribution >= 0.6 is 0 Å². The number of carbonyl (C=O) groups is 1. The van der Waals surface area contributed by atoms with Crippen molar-refractivity contribution >= 4 is 5.97 Å². The molecule has 1 aliphatic carbocycles. The lowest BCUT2D eigenvalue weighted by molar-refractivity contribution is -0.144. The van der Waals surface area contributed by atoms with E-state index < -0.39 is 17.6 Å². The van der Waals surface area contributed by atoms with Crippen LogP contribution in [0.15, 0.2) is 18.2 Å². The van der Waals surface area contributed by atoms with E-state index in [0.29, 0.717) is 13.0 Å². The maximum Gasteiger partial charge on any atom is 0.306 e. The van der Waals surface area contributed by atoms with Gasteiger partial charge in [-0.1, -0.05) is 25.0 Å². The zero-order valence-corrected chi connectivity index (χ0v) is 12.1. The Kier molecular flexibility index (Phi) is 5.28. The van der Waals surface area contributed by atoms with E-state index >= 15 is 0 Å². The Balaban J connectivity index is 1.98. The number of aliphatic carboxylic acids is 1. The first-order valence-electron chi connectivity index (χ1n) is 7.40. The van der Waals surface area contributed by atoms with E-state index in [9.17, 15) is 18.7 Å². The van der Waals surface area contributed by atoms with Gasteiger partial charge >= 0.3 is 5.97 Å². The van der Waals surface area contributed by atoms with Gasteiger partial charge in [0, 0.05) is 11.6 Å². The molecule has 2 rings (SSSR count). The smallest absolute Gasteiger partial charge is 0.306 e. The van der Waals surface area contributed by atoms with Crippen molar-refractivity contribution in [2.75, 3.05) is 6.54 Å². The Bertz CT molecular complexity index is 507. The summed E-state index contributed by atoms with van der Waals surface area (Å²) < 4.78 is 26.9. The fraction of sp³-hybridized carbons (Fsp3) is 0.562. The SMILES string of the molecule is CC(NCC1CCCCC1C(=O)O)c1cccc(F)c1F. The first-order valence-corrected chi connectivity index (χ1v) is 7.40. The third-order valence-corrected chi connectivity index (χ3v) is 4.36. The highest BCUT2D eigenvalue weighted by molar-refractivity contribution is 5.70. The Morgan fingerprint density at radius 3 is 2.81 bits per heavy atom. The second-order valence-electron chi connectivity index (χ2n) is 5.76. The van der Waals surface area contributed by atoms with Crippen LogP contribution in [-0.2, 0) is 4.79 Å². The Morgan fingerprint density at radius 1 is 1.38 bits per heavy atom. The van der Waals surface area contributed by atoms with E-state index in [1.165, 1.54) is 6.07 Å². The van der Waals surface area contributed by atoms with Crippen LogP contribution in [0.2, 0.25) is 0 Å². The molecule has 0 aromatic heterocycles. The summed E-state index contributed by atoms with van der Waals surface area (Å²) in [6.07, 6.45) is 3.53. The zero-order chi connectivity index (χ0) is 15.4. The van der Waals surface area contributed by atoms with Gasteiger partial charge in [-0.05, 0) is 38.3 Å². The molecule has 1 fully saturated rings. The van der Waals surface area contributed by atoms with Crippen LogP contribution in [-0.4, -0.2) is 17.6 Å². The summed E-state index contributed by atoms with van der Waals surface area (Å²) in [5.74, 6) is -2.74. The average Bonchev–Trinajstić information content (AvgIpc) is 2.47. The predicted octanol–water partition coefficient (Wildman–Crippen LogP) is 3.51. The van der Waals surface area contributed by atoms with Crippen LogP contribution in [0.3, 0.4) is 0 Å². The van der Waals surface area contributed by atoms with Crippen LogP contribution in [0.5, 0.6) is 0 Å². The summed E-state index contributed by atoms with van der Waals surface area (Å²) in [6.45, 7) is 2.27. The Morgan fingerprint density at radius 2 is 2.10 bits per heavy atom. The van der Waals surface area contributed by atoms with E-state index in [1.807, 2.05) is 0 Å². The zero-order valence-electron chi connectivity index (χ0n) is 12.1. The minimum atomic E-state index is -0.859. The quantitative estimate of drug-likeness (QED) is 0.874. The van der Waals surface area contributed by atoms with Crippen molar-refractivity contribution in [1.82, 2.24) is 5.32 Å². The van der Waals surface area contributed by atoms with Crippen LogP contribution in [0.1, 0.15) is 44.2 Å². The molecule has 5 heteroatoms. The summed E-state index contributed by atoms with van der Waals surface area (Å²) in [4.78, 5) is 11.2. The van der Waals surface area contributed by atoms with Gasteiger partial charge < -0.3 is 10.4 Å². The monoisotopic (exact) mass is 297 g/mol. The highest BCUT2D eigenvalue weighted by Gasteiger charge is 2.30. The lowest BCUT2D eigenvalue weighted by Crippen LogP contribution is -2.35. The molecule has 1 aromatic rings. The fourth-order valence-corrected chi connectivity index (χ4v) is 3.07. The number of nitrogens with one attached hydrogen (secondary N) is 1. The van der Waals surface area contributed by atoms with E-state index in [4.69, 9.17) is 0 Å². The van der Waals surface area contributed by atoms with E-state index in [-0.39, 0.29) is 23.4 Å². The van der Waals surface area contributed by atoms with Gasteiger partial charge in [0.2, 0.25) is 0 Å². The topological polar surface area (TPSA) is 49.3 Å². The molecule has 0 spiro atoms. The van der Waals surface area contributed by atoms with Gasteiger partial charge in [0.1, 0.15) is 0 Å². The third-order valence-electron chi connectivity index (χ3n) is 4.36. The molecule has 21 heavy (non-hydrogen) atoms. The van der Waals surface area contributed by atoms with Gasteiger partial charge in [-0.3, -0.25) is 4.79 Å². The summed E-state index contributed by atoms with van der Waals surface area (Å²) in [7, 11) is 0. The molecule has 0 radical (unpaired) electrons. The molecular weight excluding hydrogens is 276 g/mol. The maximum absolute atomic E-state index is 13.7. The van der Waals surface area contributed by atoms with Crippen molar-refractivity contribution < 1.29 is 18.7 Å². The number of carboxylic acid groups (broad SMARTS) is 1. The highest BCUT2D eigenvalue weighted by Crippen LogP contribution is 2.30. The molecule has 2 N–H and O–H groups in total. The van der Waals surface area contributed by atoms with E-state index in [2.05, 4.69) is 5.32 Å². The third kappa shape index (κ3) is 3.79. The van der Waals surface area contributed by atoms with Gasteiger partial charge in [0.25, 0.3) is 0 Å². The van der Waals surface area contributed by atoms with Crippen LogP contribution < -0.4 is 5.32 Å². The van der Waals surface area contributed by atoms with Gasteiger partial charge in [-0.2, -0.15) is 0 Å². The highest BCUT2D eigenvalue weighted by atomic mass is 19.2. The molecule has 3 unspecified atom stereocenters. The average molecular weight is 297 g/mol. The van der Waals surface area contributed by atoms with Crippen molar-refractivity contribution in [2.24, 2.45) is 11.8 Å². The summed E-state index contributed by atoms with van der Waals surface area (Å²) >= 11 is 0. The van der Waals surface area contributed by atoms with Crippen molar-refractivity contribution in [2.45, 2.75) is 38.6 Å². The van der Waals surface area contributed by atoms with Crippen molar-refractivity contribution in [3.63, 3.8) is 0 Å². The second-order valence-corrected chi connectivity index (χ2v) is 5.76. The van der Waals surface area contributed by atoms with Gasteiger partial charge in [0.05, 0.1) is 5.92 Å². The van der Waals surface area contributed by atoms with E-state index in [0.717, 1.165) is 25.3 Å². The molecule has 0 amide bonds. The number of hydrogen-bond acceptors (Lipinski definition) is 2. The van der Waals surface area contributed by atoms with Crippen LogP contribution in [0.4, 0.5) is 8.78 Å². The summed E-state index contributed by atoms with van der Waals surface area (Å²) in [5, 5.41) is 12.4. The summed E-state index contributed by atoms with van der Waals surface area (Å²) in [6, 6.07) is 3.77. The normalized spacial score (nSPS) is 23.8. The first kappa shape index (κ1) is 15.9. The molecule has 3 nitrogen and oxygen atoms in total. The predicted molar refractivity (Wildman–Crippen MR) is 75.9 cm³/mol. The molecule has 0 aliphatic heterocycles. The largest absolute Gasteiger partial charge is 0.481 e. The van der Waals surface area contributed by atoms with Gasteiger partial charge in [0.15, 0.2) is 11.6 Å². The molecule has 3 atom stereocenters. The molecule has 1 aliphatic rings. The molecule has 0 bridgehead atoms. The Labute approximate surface area is 123 Å². The molecule has 1 saturated carbocycles. The fourth-order valence-electron chi connectivity index (χ4n) is 3.07. The molecule has 116 valence electrons. The van der Waals surface area contributed by atoms with Gasteiger partial charge in [-0.25, -0.2) is 8.78 Å². The van der Waals surface area contributed by atoms with Crippen LogP contribution in [0.25, 0.3) is 0 Å². The van der Waals surface area contributed by atoms with Gasteiger partial charge in [-0.15, -0.1) is 0 Å². The number of rotatable bonds is 5. The first-order chi connectivity index (χ1) is 10.0. The number of hydrogen-bond donors (Lipinski definition) is 2. The van der Waals surface area contributed by atoms with Crippen molar-refractivity contribution in [3.05, 3.63) is 35.4 Å². The lowest BCUT2D eigenvalue weighted by Gasteiger charge is -2.30. The minimum Gasteiger partial charge on any atom is -0.481 e. The molecule has 0 heterocycles. The number of carboxylic acids is 1. The second kappa shape index (κ2) is 6.98. The maximum atomic E-state index is 13.7. The lowest BCUT2D eigenvalue weighted by atomic mass is 9.79. The van der Waals surface area contributed by atoms with Crippen LogP contribution in [0, 0.1) is 23.5 Å². The van der Waals surface area contributed by atoms with Crippen molar-refractivity contribution in [3.8, 4) is 0 Å². The molecular formula is C16H21F2NO2.